The number of hydrogen-bond acceptors (Lipinski definition) is 4. The lowest BCUT2D eigenvalue weighted by molar-refractivity contribution is -0.117. The summed E-state index contributed by atoms with van der Waals surface area (Å²) in [4.78, 5) is 25.9. The van der Waals surface area contributed by atoms with Gasteiger partial charge in [-0.25, -0.2) is 8.78 Å². The number of benzene rings is 2. The molecule has 2 rings (SSSR count). The second-order valence-corrected chi connectivity index (χ2v) is 6.41. The average molecular weight is 405 g/mol. The van der Waals surface area contributed by atoms with Gasteiger partial charge >= 0.3 is 0 Å². The van der Waals surface area contributed by atoms with Crippen molar-refractivity contribution in [3.05, 3.63) is 54.1 Å². The number of amides is 2. The zero-order chi connectivity index (χ0) is 21.2. The fourth-order valence-electron chi connectivity index (χ4n) is 2.80. The first-order valence-electron chi connectivity index (χ1n) is 9.27. The third-order valence-electron chi connectivity index (χ3n) is 4.09. The summed E-state index contributed by atoms with van der Waals surface area (Å²) in [6.45, 7) is 1.72. The van der Waals surface area contributed by atoms with Crippen LogP contribution in [0.25, 0.3) is 0 Å². The number of anilines is 2. The first kappa shape index (κ1) is 22.3. The fourth-order valence-corrected chi connectivity index (χ4v) is 2.80. The monoisotopic (exact) mass is 405 g/mol. The van der Waals surface area contributed by atoms with Crippen LogP contribution in [0.15, 0.2) is 48.5 Å². The van der Waals surface area contributed by atoms with E-state index >= 15 is 0 Å². The summed E-state index contributed by atoms with van der Waals surface area (Å²) in [5, 5.41) is 5.43. The second kappa shape index (κ2) is 11.1. The summed E-state index contributed by atoms with van der Waals surface area (Å²) in [6, 6.07) is 13.4. The van der Waals surface area contributed by atoms with Crippen molar-refractivity contribution in [2.75, 3.05) is 37.4 Å². The van der Waals surface area contributed by atoms with Crippen molar-refractivity contribution in [2.24, 2.45) is 0 Å². The SMILES string of the molecule is CCCN(CC(=O)Nc1ccc(C(=O)Nc2ccccc2OC)cc1)CC(F)F. The smallest absolute Gasteiger partial charge is 0.255 e. The zero-order valence-electron chi connectivity index (χ0n) is 16.5. The lowest BCUT2D eigenvalue weighted by Gasteiger charge is -2.20. The number of nitrogens with zero attached hydrogens (tertiary/aromatic N) is 1. The molecule has 2 aromatic carbocycles. The lowest BCUT2D eigenvalue weighted by atomic mass is 10.2. The molecule has 0 saturated heterocycles. The highest BCUT2D eigenvalue weighted by atomic mass is 19.3. The molecule has 2 amide bonds. The first-order valence-corrected chi connectivity index (χ1v) is 9.27. The molecule has 0 aromatic heterocycles. The number of para-hydroxylation sites is 2. The molecule has 8 heteroatoms. The maximum atomic E-state index is 12.6. The van der Waals surface area contributed by atoms with Crippen molar-refractivity contribution in [2.45, 2.75) is 19.8 Å². The Hall–Kier alpha value is -3.00. The largest absolute Gasteiger partial charge is 0.495 e. The van der Waals surface area contributed by atoms with Crippen LogP contribution in [0.2, 0.25) is 0 Å². The highest BCUT2D eigenvalue weighted by molar-refractivity contribution is 6.05. The average Bonchev–Trinajstić information content (AvgIpc) is 2.68. The van der Waals surface area contributed by atoms with Crippen LogP contribution in [-0.4, -0.2) is 49.9 Å². The topological polar surface area (TPSA) is 70.7 Å². The van der Waals surface area contributed by atoms with Crippen LogP contribution in [0.3, 0.4) is 0 Å². The summed E-state index contributed by atoms with van der Waals surface area (Å²) < 4.78 is 30.4. The van der Waals surface area contributed by atoms with E-state index in [1.165, 1.54) is 12.0 Å². The standard InChI is InChI=1S/C21H25F2N3O3/c1-3-12-26(13-19(22)23)14-20(27)24-16-10-8-15(9-11-16)21(28)25-17-6-4-5-7-18(17)29-2/h4-11,19H,3,12-14H2,1-2H3,(H,24,27)(H,25,28). The molecule has 0 spiro atoms. The summed E-state index contributed by atoms with van der Waals surface area (Å²) in [6.07, 6.45) is -1.81. The molecular weight excluding hydrogens is 380 g/mol. The molecule has 0 aliphatic heterocycles. The number of alkyl halides is 2. The van der Waals surface area contributed by atoms with Crippen LogP contribution >= 0.6 is 0 Å². The molecule has 0 heterocycles. The van der Waals surface area contributed by atoms with E-state index in [-0.39, 0.29) is 18.4 Å². The van der Waals surface area contributed by atoms with Crippen LogP contribution in [0.4, 0.5) is 20.2 Å². The van der Waals surface area contributed by atoms with E-state index in [9.17, 15) is 18.4 Å². The van der Waals surface area contributed by atoms with Crippen LogP contribution < -0.4 is 15.4 Å². The number of nitrogens with one attached hydrogen (secondary N) is 2. The van der Waals surface area contributed by atoms with E-state index in [2.05, 4.69) is 10.6 Å². The number of rotatable bonds is 10. The molecule has 0 atom stereocenters. The number of methoxy groups -OCH3 is 1. The molecule has 0 radical (unpaired) electrons. The number of carbonyl (C=O) groups is 2. The minimum Gasteiger partial charge on any atom is -0.495 e. The third-order valence-corrected chi connectivity index (χ3v) is 4.09. The maximum absolute atomic E-state index is 12.6. The zero-order valence-corrected chi connectivity index (χ0v) is 16.5. The lowest BCUT2D eigenvalue weighted by Crippen LogP contribution is -2.37. The van der Waals surface area contributed by atoms with Gasteiger partial charge in [0.25, 0.3) is 12.3 Å². The van der Waals surface area contributed by atoms with Crippen molar-refractivity contribution in [3.8, 4) is 5.75 Å². The van der Waals surface area contributed by atoms with Gasteiger partial charge in [-0.15, -0.1) is 0 Å². The summed E-state index contributed by atoms with van der Waals surface area (Å²) in [5.41, 5.74) is 1.43. The van der Waals surface area contributed by atoms with Gasteiger partial charge in [-0.2, -0.15) is 0 Å². The minimum atomic E-state index is -2.49. The van der Waals surface area contributed by atoms with Crippen LogP contribution in [-0.2, 0) is 4.79 Å². The Kier molecular flexibility index (Phi) is 8.54. The third kappa shape index (κ3) is 7.15. The Balaban J connectivity index is 1.95. The minimum absolute atomic E-state index is 0.117. The molecule has 0 saturated carbocycles. The molecule has 0 bridgehead atoms. The van der Waals surface area contributed by atoms with Gasteiger partial charge in [-0.05, 0) is 49.4 Å². The number of carbonyl (C=O) groups excluding carboxylic acids is 2. The molecule has 0 unspecified atom stereocenters. The molecule has 29 heavy (non-hydrogen) atoms. The van der Waals surface area contributed by atoms with Gasteiger partial charge in [-0.3, -0.25) is 14.5 Å². The summed E-state index contributed by atoms with van der Waals surface area (Å²) >= 11 is 0. The van der Waals surface area contributed by atoms with E-state index in [0.29, 0.717) is 35.7 Å². The molecule has 6 nitrogen and oxygen atoms in total. The Morgan fingerprint density at radius 1 is 1.07 bits per heavy atom. The Morgan fingerprint density at radius 3 is 2.38 bits per heavy atom. The predicted octanol–water partition coefficient (Wildman–Crippen LogP) is 3.86. The summed E-state index contributed by atoms with van der Waals surface area (Å²) in [5.74, 6) is -0.158. The highest BCUT2D eigenvalue weighted by Crippen LogP contribution is 2.23. The fraction of sp³-hybridized carbons (Fsp3) is 0.333. The second-order valence-electron chi connectivity index (χ2n) is 6.41. The Labute approximate surface area is 168 Å². The van der Waals surface area contributed by atoms with Gasteiger partial charge in [-0.1, -0.05) is 19.1 Å². The first-order chi connectivity index (χ1) is 13.9. The molecule has 156 valence electrons. The summed E-state index contributed by atoms with van der Waals surface area (Å²) in [7, 11) is 1.52. The Morgan fingerprint density at radius 2 is 1.76 bits per heavy atom. The molecular formula is C21H25F2N3O3. The van der Waals surface area contributed by atoms with Crippen molar-refractivity contribution < 1.29 is 23.1 Å². The Bertz CT molecular complexity index is 813. The molecule has 2 N–H and O–H groups in total. The normalized spacial score (nSPS) is 10.8. The van der Waals surface area contributed by atoms with Crippen molar-refractivity contribution in [3.63, 3.8) is 0 Å². The van der Waals surface area contributed by atoms with E-state index in [4.69, 9.17) is 4.74 Å². The van der Waals surface area contributed by atoms with Gasteiger partial charge < -0.3 is 15.4 Å². The van der Waals surface area contributed by atoms with Crippen molar-refractivity contribution in [1.29, 1.82) is 0 Å². The predicted molar refractivity (Wildman–Crippen MR) is 109 cm³/mol. The quantitative estimate of drug-likeness (QED) is 0.630. The van der Waals surface area contributed by atoms with Gasteiger partial charge in [0, 0.05) is 11.3 Å². The van der Waals surface area contributed by atoms with Gasteiger partial charge in [0.15, 0.2) is 0 Å². The number of ether oxygens (including phenoxy) is 1. The molecule has 0 aliphatic carbocycles. The van der Waals surface area contributed by atoms with E-state index < -0.39 is 13.0 Å². The van der Waals surface area contributed by atoms with E-state index in [0.717, 1.165) is 0 Å². The number of hydrogen-bond donors (Lipinski definition) is 2. The van der Waals surface area contributed by atoms with E-state index in [1.54, 1.807) is 48.5 Å². The van der Waals surface area contributed by atoms with Crippen LogP contribution in [0, 0.1) is 0 Å². The van der Waals surface area contributed by atoms with Gasteiger partial charge in [0.1, 0.15) is 5.75 Å². The highest BCUT2D eigenvalue weighted by Gasteiger charge is 2.15. The molecule has 2 aromatic rings. The molecule has 0 aliphatic rings. The van der Waals surface area contributed by atoms with Crippen molar-refractivity contribution in [1.82, 2.24) is 4.90 Å². The number of halogens is 2. The van der Waals surface area contributed by atoms with E-state index in [1.807, 2.05) is 6.92 Å². The molecule has 0 fully saturated rings. The van der Waals surface area contributed by atoms with Crippen LogP contribution in [0.1, 0.15) is 23.7 Å². The van der Waals surface area contributed by atoms with Crippen LogP contribution in [0.5, 0.6) is 5.75 Å². The maximum Gasteiger partial charge on any atom is 0.255 e. The van der Waals surface area contributed by atoms with Gasteiger partial charge in [0.05, 0.1) is 25.9 Å². The van der Waals surface area contributed by atoms with Gasteiger partial charge in [0.2, 0.25) is 5.91 Å². The van der Waals surface area contributed by atoms with Crippen molar-refractivity contribution >= 4 is 23.2 Å².